The van der Waals surface area contributed by atoms with Crippen molar-refractivity contribution in [3.05, 3.63) is 0 Å². The molecule has 0 amide bonds. The fourth-order valence-corrected chi connectivity index (χ4v) is 1.02. The van der Waals surface area contributed by atoms with Crippen molar-refractivity contribution in [1.29, 1.82) is 0 Å². The van der Waals surface area contributed by atoms with Crippen LogP contribution in [0.2, 0.25) is 0 Å². The van der Waals surface area contributed by atoms with Gasteiger partial charge >= 0.3 is 0 Å². The van der Waals surface area contributed by atoms with E-state index in [1.54, 1.807) is 0 Å². The Balaban J connectivity index is 3.70. The quantitative estimate of drug-likeness (QED) is 0.581. The van der Waals surface area contributed by atoms with Gasteiger partial charge in [0.15, 0.2) is 0 Å². The highest BCUT2D eigenvalue weighted by molar-refractivity contribution is 7.81. The van der Waals surface area contributed by atoms with Gasteiger partial charge in [0.25, 0.3) is 0 Å². The Kier molecular flexibility index (Phi) is 3.64. The summed E-state index contributed by atoms with van der Waals surface area (Å²) >= 11 is 4.56. The molecule has 1 atom stereocenters. The molecule has 0 fully saturated rings. The lowest BCUT2D eigenvalue weighted by Crippen LogP contribution is -2.23. The Bertz CT molecular complexity index is 74.6. The van der Waals surface area contributed by atoms with E-state index in [0.29, 0.717) is 5.92 Å². The van der Waals surface area contributed by atoms with Crippen molar-refractivity contribution in [2.75, 3.05) is 0 Å². The highest BCUT2D eigenvalue weighted by Gasteiger charge is 2.21. The Morgan fingerprint density at radius 2 is 1.89 bits per heavy atom. The molecule has 0 aromatic carbocycles. The first-order valence-corrected chi connectivity index (χ1v) is 4.17. The predicted molar refractivity (Wildman–Crippen MR) is 47.1 cm³/mol. The molecule has 0 aliphatic rings. The van der Waals surface area contributed by atoms with Gasteiger partial charge in [-0.15, -0.1) is 0 Å². The lowest BCUT2D eigenvalue weighted by atomic mass is 9.92. The zero-order valence-electron chi connectivity index (χ0n) is 6.94. The van der Waals surface area contributed by atoms with E-state index < -0.39 is 0 Å². The molecule has 0 rings (SSSR count). The Hall–Kier alpha value is 0.350. The second-order valence-corrected chi connectivity index (χ2v) is 4.28. The Labute approximate surface area is 64.4 Å². The predicted octanol–water partition coefficient (Wildman–Crippen LogP) is 3.13. The summed E-state index contributed by atoms with van der Waals surface area (Å²) in [5, 5.41) is 0. The molecule has 0 aromatic rings. The van der Waals surface area contributed by atoms with Crippen LogP contribution in [0.25, 0.3) is 0 Å². The van der Waals surface area contributed by atoms with Crippen LogP contribution in [0.5, 0.6) is 0 Å². The van der Waals surface area contributed by atoms with Crippen molar-refractivity contribution >= 4 is 12.6 Å². The first-order valence-electron chi connectivity index (χ1n) is 3.73. The van der Waals surface area contributed by atoms with Crippen LogP contribution in [0, 0.1) is 5.92 Å². The van der Waals surface area contributed by atoms with E-state index >= 15 is 0 Å². The normalized spacial score (nSPS) is 18.0. The molecular formula is C8H18S. The molecule has 0 nitrogen and oxygen atoms in total. The van der Waals surface area contributed by atoms with Crippen LogP contribution >= 0.6 is 12.6 Å². The minimum atomic E-state index is 0.245. The average molecular weight is 146 g/mol. The third kappa shape index (κ3) is 3.14. The van der Waals surface area contributed by atoms with Crippen LogP contribution in [-0.2, 0) is 0 Å². The average Bonchev–Trinajstić information content (AvgIpc) is 1.65. The molecule has 0 spiro atoms. The summed E-state index contributed by atoms with van der Waals surface area (Å²) in [6.07, 6.45) is 2.45. The van der Waals surface area contributed by atoms with Gasteiger partial charge in [-0.2, -0.15) is 12.6 Å². The van der Waals surface area contributed by atoms with Crippen molar-refractivity contribution < 1.29 is 0 Å². The molecule has 56 valence electrons. The summed E-state index contributed by atoms with van der Waals surface area (Å²) in [6, 6.07) is 0. The topological polar surface area (TPSA) is 0 Å². The largest absolute Gasteiger partial charge is 0.173 e. The Morgan fingerprint density at radius 3 is 2.00 bits per heavy atom. The van der Waals surface area contributed by atoms with Crippen LogP contribution in [0.1, 0.15) is 40.5 Å². The molecule has 0 saturated carbocycles. The van der Waals surface area contributed by atoms with Gasteiger partial charge in [0.1, 0.15) is 0 Å². The molecule has 0 N–H and O–H groups in total. The van der Waals surface area contributed by atoms with E-state index in [1.807, 2.05) is 0 Å². The first kappa shape index (κ1) is 9.35. The van der Waals surface area contributed by atoms with Gasteiger partial charge in [0.2, 0.25) is 0 Å². The number of thiol groups is 1. The van der Waals surface area contributed by atoms with E-state index in [1.165, 1.54) is 12.8 Å². The molecule has 1 heteroatoms. The van der Waals surface area contributed by atoms with Gasteiger partial charge in [0, 0.05) is 4.75 Å². The third-order valence-corrected chi connectivity index (χ3v) is 2.74. The van der Waals surface area contributed by atoms with Crippen LogP contribution in [0.3, 0.4) is 0 Å². The van der Waals surface area contributed by atoms with Gasteiger partial charge in [-0.3, -0.25) is 0 Å². The maximum absolute atomic E-state index is 4.56. The zero-order valence-corrected chi connectivity index (χ0v) is 7.83. The van der Waals surface area contributed by atoms with Crippen molar-refractivity contribution in [3.8, 4) is 0 Å². The van der Waals surface area contributed by atoms with Gasteiger partial charge < -0.3 is 0 Å². The van der Waals surface area contributed by atoms with E-state index in [9.17, 15) is 0 Å². The molecule has 0 aromatic heterocycles. The fraction of sp³-hybridized carbons (Fsp3) is 1.00. The van der Waals surface area contributed by atoms with Gasteiger partial charge in [0.05, 0.1) is 0 Å². The minimum absolute atomic E-state index is 0.245. The minimum Gasteiger partial charge on any atom is -0.173 e. The monoisotopic (exact) mass is 146 g/mol. The molecule has 9 heavy (non-hydrogen) atoms. The molecule has 0 bridgehead atoms. The van der Waals surface area contributed by atoms with Crippen LogP contribution in [0.15, 0.2) is 0 Å². The molecule has 0 aliphatic carbocycles. The molecular weight excluding hydrogens is 128 g/mol. The van der Waals surface area contributed by atoms with Gasteiger partial charge in [-0.25, -0.2) is 0 Å². The van der Waals surface area contributed by atoms with Crippen molar-refractivity contribution in [2.45, 2.75) is 45.3 Å². The summed E-state index contributed by atoms with van der Waals surface area (Å²) in [6.45, 7) is 8.87. The SMILES string of the molecule is CCCC(C)(S)C(C)C. The fourth-order valence-electron chi connectivity index (χ4n) is 0.795. The molecule has 0 heterocycles. The second-order valence-electron chi connectivity index (χ2n) is 3.26. The third-order valence-electron chi connectivity index (χ3n) is 2.00. The molecule has 0 saturated heterocycles. The van der Waals surface area contributed by atoms with Crippen molar-refractivity contribution in [3.63, 3.8) is 0 Å². The second kappa shape index (κ2) is 3.50. The van der Waals surface area contributed by atoms with Gasteiger partial charge in [-0.05, 0) is 12.3 Å². The van der Waals surface area contributed by atoms with Crippen molar-refractivity contribution in [2.24, 2.45) is 5.92 Å². The number of hydrogen-bond acceptors (Lipinski definition) is 1. The summed E-state index contributed by atoms with van der Waals surface area (Å²) < 4.78 is 0.245. The first-order chi connectivity index (χ1) is 4.00. The lowest BCUT2D eigenvalue weighted by molar-refractivity contribution is 0.438. The van der Waals surface area contributed by atoms with Crippen molar-refractivity contribution in [1.82, 2.24) is 0 Å². The molecule has 1 unspecified atom stereocenters. The van der Waals surface area contributed by atoms with E-state index in [2.05, 4.69) is 40.3 Å². The summed E-state index contributed by atoms with van der Waals surface area (Å²) in [4.78, 5) is 0. The van der Waals surface area contributed by atoms with Crippen LogP contribution < -0.4 is 0 Å². The maximum atomic E-state index is 4.56. The lowest BCUT2D eigenvalue weighted by Gasteiger charge is -2.27. The smallest absolute Gasteiger partial charge is 0.0124 e. The summed E-state index contributed by atoms with van der Waals surface area (Å²) in [5.41, 5.74) is 0. The standard InChI is InChI=1S/C8H18S/c1-5-6-8(4,9)7(2)3/h7,9H,5-6H2,1-4H3. The maximum Gasteiger partial charge on any atom is 0.0124 e. The Morgan fingerprint density at radius 1 is 1.44 bits per heavy atom. The van der Waals surface area contributed by atoms with E-state index in [4.69, 9.17) is 0 Å². The number of rotatable bonds is 3. The van der Waals surface area contributed by atoms with Crippen LogP contribution in [0.4, 0.5) is 0 Å². The zero-order chi connectivity index (χ0) is 7.49. The summed E-state index contributed by atoms with van der Waals surface area (Å²) in [5.74, 6) is 0.681. The highest BCUT2D eigenvalue weighted by atomic mass is 32.1. The van der Waals surface area contributed by atoms with E-state index in [-0.39, 0.29) is 4.75 Å². The van der Waals surface area contributed by atoms with E-state index in [0.717, 1.165) is 0 Å². The molecule has 0 aliphatic heterocycles. The van der Waals surface area contributed by atoms with Crippen LogP contribution in [-0.4, -0.2) is 4.75 Å². The number of hydrogen-bond donors (Lipinski definition) is 1. The van der Waals surface area contributed by atoms with Gasteiger partial charge in [-0.1, -0.05) is 34.1 Å². The highest BCUT2D eigenvalue weighted by Crippen LogP contribution is 2.28. The summed E-state index contributed by atoms with van der Waals surface area (Å²) in [7, 11) is 0. The molecule has 0 radical (unpaired) electrons.